The normalized spacial score (nSPS) is 11.4. The molecule has 0 spiro atoms. The second kappa shape index (κ2) is 7.21. The van der Waals surface area contributed by atoms with Crippen molar-refractivity contribution in [1.29, 1.82) is 0 Å². The Morgan fingerprint density at radius 1 is 0.800 bits per heavy atom. The van der Waals surface area contributed by atoms with Crippen molar-refractivity contribution in [3.63, 3.8) is 0 Å². The first-order valence-electron chi connectivity index (χ1n) is 8.07. The summed E-state index contributed by atoms with van der Waals surface area (Å²) in [5.41, 5.74) is 5.06. The molecule has 0 atom stereocenters. The molecule has 25 heavy (non-hydrogen) atoms. The van der Waals surface area contributed by atoms with Gasteiger partial charge in [-0.1, -0.05) is 66.2 Å². The molecule has 0 aliphatic rings. The van der Waals surface area contributed by atoms with E-state index >= 15 is 0 Å². The molecule has 0 radical (unpaired) electrons. The molecular weight excluding hydrogens is 332 g/mol. The lowest BCUT2D eigenvalue weighted by Gasteiger charge is -2.12. The Labute approximate surface area is 149 Å². The lowest BCUT2D eigenvalue weighted by atomic mass is 9.97. The molecule has 128 valence electrons. The highest BCUT2D eigenvalue weighted by Crippen LogP contribution is 2.26. The summed E-state index contributed by atoms with van der Waals surface area (Å²) in [6.45, 7) is 3.91. The number of rotatable bonds is 5. The van der Waals surface area contributed by atoms with Gasteiger partial charge in [0.1, 0.15) is 0 Å². The third-order valence-electron chi connectivity index (χ3n) is 4.21. The van der Waals surface area contributed by atoms with E-state index in [0.29, 0.717) is 0 Å². The van der Waals surface area contributed by atoms with E-state index < -0.39 is 10.1 Å². The molecule has 3 rings (SSSR count). The number of hydrogen-bond donors (Lipinski definition) is 0. The van der Waals surface area contributed by atoms with Crippen LogP contribution in [0.15, 0.2) is 77.7 Å². The van der Waals surface area contributed by atoms with Crippen LogP contribution in [-0.4, -0.2) is 8.42 Å². The van der Waals surface area contributed by atoms with E-state index in [1.165, 1.54) is 0 Å². The third kappa shape index (κ3) is 3.98. The molecule has 3 aromatic rings. The molecule has 0 aliphatic heterocycles. The lowest BCUT2D eigenvalue weighted by molar-refractivity contribution is 0.307. The molecule has 0 unspecified atom stereocenters. The fourth-order valence-electron chi connectivity index (χ4n) is 2.68. The van der Waals surface area contributed by atoms with Crippen LogP contribution in [0.2, 0.25) is 0 Å². The van der Waals surface area contributed by atoms with E-state index in [0.717, 1.165) is 27.8 Å². The number of aryl methyl sites for hydroxylation is 1. The van der Waals surface area contributed by atoms with E-state index in [1.54, 1.807) is 24.3 Å². The van der Waals surface area contributed by atoms with E-state index in [9.17, 15) is 8.42 Å². The number of benzene rings is 3. The Kier molecular flexibility index (Phi) is 5.02. The smallest absolute Gasteiger partial charge is 0.262 e. The van der Waals surface area contributed by atoms with Gasteiger partial charge in [-0.3, -0.25) is 4.18 Å². The van der Waals surface area contributed by atoms with Crippen LogP contribution >= 0.6 is 0 Å². The Morgan fingerprint density at radius 3 is 2.16 bits per heavy atom. The van der Waals surface area contributed by atoms with Gasteiger partial charge >= 0.3 is 0 Å². The van der Waals surface area contributed by atoms with Crippen LogP contribution in [0, 0.1) is 13.8 Å². The topological polar surface area (TPSA) is 43.4 Å². The summed E-state index contributed by atoms with van der Waals surface area (Å²) in [4.78, 5) is 0.176. The summed E-state index contributed by atoms with van der Waals surface area (Å²) in [6, 6.07) is 22.5. The number of hydrogen-bond acceptors (Lipinski definition) is 3. The highest BCUT2D eigenvalue weighted by molar-refractivity contribution is 7.86. The minimum atomic E-state index is -3.77. The molecule has 4 heteroatoms. The molecule has 0 aliphatic carbocycles. The zero-order valence-corrected chi connectivity index (χ0v) is 15.1. The molecule has 0 aromatic heterocycles. The zero-order chi connectivity index (χ0) is 17.9. The Hall–Kier alpha value is -2.43. The highest BCUT2D eigenvalue weighted by atomic mass is 32.2. The van der Waals surface area contributed by atoms with Crippen molar-refractivity contribution >= 4 is 10.1 Å². The second-order valence-corrected chi connectivity index (χ2v) is 7.60. The van der Waals surface area contributed by atoms with Gasteiger partial charge in [0.2, 0.25) is 0 Å². The largest absolute Gasteiger partial charge is 0.297 e. The lowest BCUT2D eigenvalue weighted by Crippen LogP contribution is -2.07. The molecule has 0 N–H and O–H groups in total. The molecule has 0 fully saturated rings. The summed E-state index contributed by atoms with van der Waals surface area (Å²) < 4.78 is 30.0. The maximum atomic E-state index is 12.4. The molecule has 0 bridgehead atoms. The molecule has 3 nitrogen and oxygen atoms in total. The fourth-order valence-corrected chi connectivity index (χ4v) is 3.57. The van der Waals surface area contributed by atoms with Crippen LogP contribution in [0.1, 0.15) is 16.7 Å². The second-order valence-electron chi connectivity index (χ2n) is 5.99. The Bertz CT molecular complexity index is 960. The SMILES string of the molecule is Cc1ccc(S(=O)(=O)OCc2cccc(-c3ccccc3)c2C)cc1. The summed E-state index contributed by atoms with van der Waals surface area (Å²) in [5.74, 6) is 0. The molecule has 0 saturated heterocycles. The summed E-state index contributed by atoms with van der Waals surface area (Å²) in [5, 5.41) is 0. The first-order valence-corrected chi connectivity index (χ1v) is 9.48. The van der Waals surface area contributed by atoms with Gasteiger partial charge in [0.15, 0.2) is 0 Å². The molecule has 0 amide bonds. The summed E-state index contributed by atoms with van der Waals surface area (Å²) >= 11 is 0. The zero-order valence-electron chi connectivity index (χ0n) is 14.3. The van der Waals surface area contributed by atoms with Crippen LogP contribution in [0.25, 0.3) is 11.1 Å². The van der Waals surface area contributed by atoms with Crippen molar-refractivity contribution in [2.45, 2.75) is 25.3 Å². The van der Waals surface area contributed by atoms with Crippen molar-refractivity contribution in [2.24, 2.45) is 0 Å². The van der Waals surface area contributed by atoms with Gasteiger partial charge in [0.05, 0.1) is 11.5 Å². The van der Waals surface area contributed by atoms with E-state index in [-0.39, 0.29) is 11.5 Å². The highest BCUT2D eigenvalue weighted by Gasteiger charge is 2.16. The van der Waals surface area contributed by atoms with Gasteiger partial charge in [0.25, 0.3) is 10.1 Å². The minimum absolute atomic E-state index is 0.0166. The van der Waals surface area contributed by atoms with Gasteiger partial charge < -0.3 is 0 Å². The van der Waals surface area contributed by atoms with Gasteiger partial charge in [0, 0.05) is 0 Å². The standard InChI is InChI=1S/C21H20O3S/c1-16-11-13-20(14-12-16)25(22,23)24-15-19-9-6-10-21(17(19)2)18-7-4-3-5-8-18/h3-14H,15H2,1-2H3. The van der Waals surface area contributed by atoms with Crippen molar-refractivity contribution < 1.29 is 12.6 Å². The third-order valence-corrected chi connectivity index (χ3v) is 5.49. The minimum Gasteiger partial charge on any atom is -0.262 e. The van der Waals surface area contributed by atoms with Crippen LogP contribution < -0.4 is 0 Å². The van der Waals surface area contributed by atoms with E-state index in [4.69, 9.17) is 4.18 Å². The summed E-state index contributed by atoms with van der Waals surface area (Å²) in [7, 11) is -3.77. The maximum absolute atomic E-state index is 12.4. The average Bonchev–Trinajstić information content (AvgIpc) is 2.62. The first kappa shape index (κ1) is 17.4. The van der Waals surface area contributed by atoms with Crippen molar-refractivity contribution in [3.05, 3.63) is 89.5 Å². The predicted octanol–water partition coefficient (Wildman–Crippen LogP) is 4.88. The average molecular weight is 352 g/mol. The monoisotopic (exact) mass is 352 g/mol. The van der Waals surface area contributed by atoms with Gasteiger partial charge in [-0.15, -0.1) is 0 Å². The summed E-state index contributed by atoms with van der Waals surface area (Å²) in [6.07, 6.45) is 0. The van der Waals surface area contributed by atoms with Crippen molar-refractivity contribution in [2.75, 3.05) is 0 Å². The van der Waals surface area contributed by atoms with E-state index in [2.05, 4.69) is 0 Å². The Balaban J connectivity index is 1.83. The Morgan fingerprint density at radius 2 is 1.48 bits per heavy atom. The van der Waals surface area contributed by atoms with Crippen LogP contribution in [0.4, 0.5) is 0 Å². The van der Waals surface area contributed by atoms with Crippen LogP contribution in [0.5, 0.6) is 0 Å². The van der Waals surface area contributed by atoms with Crippen molar-refractivity contribution in [1.82, 2.24) is 0 Å². The van der Waals surface area contributed by atoms with Crippen LogP contribution in [-0.2, 0) is 20.9 Å². The van der Waals surface area contributed by atoms with Gasteiger partial charge in [-0.2, -0.15) is 8.42 Å². The maximum Gasteiger partial charge on any atom is 0.297 e. The quantitative estimate of drug-likeness (QED) is 0.615. The first-order chi connectivity index (χ1) is 12.0. The van der Waals surface area contributed by atoms with Gasteiger partial charge in [-0.05, 0) is 48.2 Å². The molecule has 0 saturated carbocycles. The van der Waals surface area contributed by atoms with Crippen LogP contribution in [0.3, 0.4) is 0 Å². The van der Waals surface area contributed by atoms with Crippen molar-refractivity contribution in [3.8, 4) is 11.1 Å². The molecule has 3 aromatic carbocycles. The molecular formula is C21H20O3S. The fraction of sp³-hybridized carbons (Fsp3) is 0.143. The molecule has 0 heterocycles. The predicted molar refractivity (Wildman–Crippen MR) is 99.8 cm³/mol. The van der Waals surface area contributed by atoms with Gasteiger partial charge in [-0.25, -0.2) is 0 Å². The van der Waals surface area contributed by atoms with E-state index in [1.807, 2.05) is 62.4 Å².